The van der Waals surface area contributed by atoms with Gasteiger partial charge >= 0.3 is 6.18 Å². The Morgan fingerprint density at radius 3 is 2.38 bits per heavy atom. The van der Waals surface area contributed by atoms with Crippen molar-refractivity contribution >= 4 is 0 Å². The molecule has 0 aliphatic heterocycles. The molecular formula is C10H20F3NO2. The van der Waals surface area contributed by atoms with Crippen molar-refractivity contribution in [3.05, 3.63) is 0 Å². The monoisotopic (exact) mass is 243 g/mol. The molecule has 1 N–H and O–H groups in total. The smallest absolute Gasteiger partial charge is 0.382 e. The van der Waals surface area contributed by atoms with Crippen LogP contribution in [-0.2, 0) is 9.47 Å². The third kappa shape index (κ3) is 13.7. The Bertz CT molecular complexity index is 153. The van der Waals surface area contributed by atoms with Gasteiger partial charge in [-0.3, -0.25) is 0 Å². The fourth-order valence-corrected chi connectivity index (χ4v) is 1.00. The van der Waals surface area contributed by atoms with Crippen molar-refractivity contribution in [1.29, 1.82) is 0 Å². The minimum Gasteiger partial charge on any atom is -0.382 e. The molecule has 0 aliphatic carbocycles. The third-order valence-electron chi connectivity index (χ3n) is 1.80. The Labute approximate surface area is 94.3 Å². The van der Waals surface area contributed by atoms with Gasteiger partial charge in [-0.25, -0.2) is 0 Å². The van der Waals surface area contributed by atoms with Crippen LogP contribution in [0.2, 0.25) is 0 Å². The molecule has 0 aromatic carbocycles. The maximum Gasteiger partial charge on any atom is 0.391 e. The van der Waals surface area contributed by atoms with Crippen molar-refractivity contribution in [2.45, 2.75) is 25.9 Å². The zero-order valence-corrected chi connectivity index (χ0v) is 9.61. The Kier molecular flexibility index (Phi) is 9.66. The molecule has 0 spiro atoms. The van der Waals surface area contributed by atoms with Crippen molar-refractivity contribution in [3.8, 4) is 0 Å². The van der Waals surface area contributed by atoms with Gasteiger partial charge in [-0.1, -0.05) is 0 Å². The van der Waals surface area contributed by atoms with Crippen LogP contribution < -0.4 is 5.32 Å². The zero-order chi connectivity index (χ0) is 12.3. The van der Waals surface area contributed by atoms with E-state index in [2.05, 4.69) is 5.32 Å². The lowest BCUT2D eigenvalue weighted by molar-refractivity contribution is -0.145. The van der Waals surface area contributed by atoms with Gasteiger partial charge in [0.15, 0.2) is 0 Å². The van der Waals surface area contributed by atoms with E-state index in [0.717, 1.165) is 13.0 Å². The summed E-state index contributed by atoms with van der Waals surface area (Å²) in [6, 6.07) is 0. The van der Waals surface area contributed by atoms with Gasteiger partial charge in [0.2, 0.25) is 0 Å². The van der Waals surface area contributed by atoms with Crippen molar-refractivity contribution in [2.24, 2.45) is 0 Å². The summed E-state index contributed by atoms with van der Waals surface area (Å²) in [5, 5.41) is 3.06. The van der Waals surface area contributed by atoms with Gasteiger partial charge in [0.25, 0.3) is 0 Å². The van der Waals surface area contributed by atoms with E-state index < -0.39 is 12.6 Å². The fraction of sp³-hybridized carbons (Fsp3) is 1.00. The zero-order valence-electron chi connectivity index (χ0n) is 9.61. The van der Waals surface area contributed by atoms with Gasteiger partial charge in [-0.15, -0.1) is 0 Å². The normalized spacial score (nSPS) is 12.0. The summed E-state index contributed by atoms with van der Waals surface area (Å²) in [4.78, 5) is 0. The number of nitrogens with one attached hydrogen (secondary N) is 1. The average Bonchev–Trinajstić information content (AvgIpc) is 2.19. The molecule has 0 rings (SSSR count). The van der Waals surface area contributed by atoms with Crippen LogP contribution in [0.25, 0.3) is 0 Å². The van der Waals surface area contributed by atoms with E-state index in [1.54, 1.807) is 0 Å². The highest BCUT2D eigenvalue weighted by Gasteiger charge is 2.26. The molecule has 98 valence electrons. The molecule has 0 radical (unpaired) electrons. The molecule has 16 heavy (non-hydrogen) atoms. The van der Waals surface area contributed by atoms with Crippen molar-refractivity contribution in [2.75, 3.05) is 39.5 Å². The van der Waals surface area contributed by atoms with E-state index in [0.29, 0.717) is 26.4 Å². The first-order valence-corrected chi connectivity index (χ1v) is 5.49. The number of halogens is 3. The first kappa shape index (κ1) is 15.7. The van der Waals surface area contributed by atoms with Crippen LogP contribution in [0.15, 0.2) is 0 Å². The molecule has 0 unspecified atom stereocenters. The van der Waals surface area contributed by atoms with Crippen LogP contribution in [-0.4, -0.2) is 45.7 Å². The maximum absolute atomic E-state index is 11.7. The largest absolute Gasteiger partial charge is 0.391 e. The Hall–Kier alpha value is -0.330. The molecule has 0 bridgehead atoms. The van der Waals surface area contributed by atoms with Gasteiger partial charge in [0.05, 0.1) is 19.6 Å². The van der Waals surface area contributed by atoms with E-state index in [4.69, 9.17) is 9.47 Å². The maximum atomic E-state index is 11.7. The molecule has 0 aliphatic rings. The Morgan fingerprint density at radius 2 is 1.75 bits per heavy atom. The Balaban J connectivity index is 2.99. The lowest BCUT2D eigenvalue weighted by atomic mass is 10.4. The molecule has 3 nitrogen and oxygen atoms in total. The predicted molar refractivity (Wildman–Crippen MR) is 55.5 cm³/mol. The second kappa shape index (κ2) is 9.86. The molecule has 0 fully saturated rings. The molecule has 0 atom stereocenters. The quantitative estimate of drug-likeness (QED) is 0.595. The Morgan fingerprint density at radius 1 is 1.00 bits per heavy atom. The lowest BCUT2D eigenvalue weighted by Crippen LogP contribution is -2.22. The molecule has 0 amide bonds. The predicted octanol–water partition coefficient (Wildman–Crippen LogP) is 1.97. The van der Waals surface area contributed by atoms with Crippen LogP contribution >= 0.6 is 0 Å². The molecule has 0 saturated carbocycles. The number of alkyl halides is 3. The van der Waals surface area contributed by atoms with Crippen molar-refractivity contribution in [3.63, 3.8) is 0 Å². The number of hydrogen-bond acceptors (Lipinski definition) is 3. The first-order chi connectivity index (χ1) is 7.56. The highest BCUT2D eigenvalue weighted by Crippen LogP contribution is 2.18. The van der Waals surface area contributed by atoms with Crippen LogP contribution in [0.3, 0.4) is 0 Å². The van der Waals surface area contributed by atoms with Gasteiger partial charge in [-0.05, 0) is 19.9 Å². The fourth-order valence-electron chi connectivity index (χ4n) is 1.00. The number of ether oxygens (including phenoxy) is 2. The van der Waals surface area contributed by atoms with Crippen molar-refractivity contribution < 1.29 is 22.6 Å². The van der Waals surface area contributed by atoms with Crippen molar-refractivity contribution in [1.82, 2.24) is 5.32 Å². The number of rotatable bonds is 10. The third-order valence-corrected chi connectivity index (χ3v) is 1.80. The summed E-state index contributed by atoms with van der Waals surface area (Å²) < 4.78 is 45.0. The van der Waals surface area contributed by atoms with E-state index in [1.807, 2.05) is 6.92 Å². The lowest BCUT2D eigenvalue weighted by Gasteiger charge is -2.08. The van der Waals surface area contributed by atoms with Gasteiger partial charge in [0, 0.05) is 19.8 Å². The summed E-state index contributed by atoms with van der Waals surface area (Å²) in [6.45, 7) is 4.77. The van der Waals surface area contributed by atoms with E-state index >= 15 is 0 Å². The van der Waals surface area contributed by atoms with E-state index in [-0.39, 0.29) is 6.61 Å². The topological polar surface area (TPSA) is 30.5 Å². The molecule has 0 aromatic rings. The molecule has 0 saturated heterocycles. The first-order valence-electron chi connectivity index (χ1n) is 5.49. The molecule has 0 heterocycles. The van der Waals surface area contributed by atoms with Crippen LogP contribution in [0.5, 0.6) is 0 Å². The average molecular weight is 243 g/mol. The van der Waals surface area contributed by atoms with Crippen LogP contribution in [0.1, 0.15) is 19.8 Å². The summed E-state index contributed by atoms with van der Waals surface area (Å²) in [5.41, 5.74) is 0. The number of hydrogen-bond donors (Lipinski definition) is 1. The summed E-state index contributed by atoms with van der Waals surface area (Å²) >= 11 is 0. The highest BCUT2D eigenvalue weighted by molar-refractivity contribution is 4.50. The van der Waals surface area contributed by atoms with Gasteiger partial charge in [0.1, 0.15) is 0 Å². The van der Waals surface area contributed by atoms with E-state index in [9.17, 15) is 13.2 Å². The van der Waals surface area contributed by atoms with Crippen LogP contribution in [0.4, 0.5) is 13.2 Å². The summed E-state index contributed by atoms with van der Waals surface area (Å²) in [6.07, 6.45) is -4.10. The highest BCUT2D eigenvalue weighted by atomic mass is 19.4. The van der Waals surface area contributed by atoms with Gasteiger partial charge < -0.3 is 14.8 Å². The molecule has 6 heteroatoms. The molecular weight excluding hydrogens is 223 g/mol. The second-order valence-corrected chi connectivity index (χ2v) is 3.28. The second-order valence-electron chi connectivity index (χ2n) is 3.28. The van der Waals surface area contributed by atoms with Gasteiger partial charge in [-0.2, -0.15) is 13.2 Å². The summed E-state index contributed by atoms with van der Waals surface area (Å²) in [5.74, 6) is 0. The van der Waals surface area contributed by atoms with E-state index in [1.165, 1.54) is 0 Å². The minimum atomic E-state index is -4.12. The molecule has 0 aromatic heterocycles. The van der Waals surface area contributed by atoms with Crippen LogP contribution in [0, 0.1) is 0 Å². The SMILES string of the molecule is CCOCCCNCCOCCC(F)(F)F. The standard InChI is InChI=1S/C10H20F3NO2/c1-2-15-7-3-5-14-6-9-16-8-4-10(11,12)13/h14H,2-9H2,1H3. The summed E-state index contributed by atoms with van der Waals surface area (Å²) in [7, 11) is 0. The minimum absolute atomic E-state index is 0.260.